The van der Waals surface area contributed by atoms with Crippen LogP contribution in [0.25, 0.3) is 23.1 Å². The maximum Gasteiger partial charge on any atom is 0.152 e. The largest absolute Gasteiger partial charge is 0.382 e. The topological polar surface area (TPSA) is 102 Å². The lowest BCUT2D eigenvalue weighted by molar-refractivity contribution is 0.804. The molecule has 0 spiro atoms. The lowest BCUT2D eigenvalue weighted by Gasteiger charge is -2.03. The first-order chi connectivity index (χ1) is 12.1. The molecule has 7 heteroatoms. The van der Waals surface area contributed by atoms with Crippen LogP contribution >= 0.6 is 11.3 Å². The molecule has 128 valence electrons. The van der Waals surface area contributed by atoms with Gasteiger partial charge >= 0.3 is 0 Å². The van der Waals surface area contributed by atoms with Crippen LogP contribution in [0.4, 0.5) is 0 Å². The lowest BCUT2D eigenvalue weighted by Crippen LogP contribution is -2.22. The molecular formula is C18H20N6S. The second-order valence-corrected chi connectivity index (χ2v) is 6.79. The molecule has 25 heavy (non-hydrogen) atoms. The molecule has 5 N–H and O–H groups in total. The summed E-state index contributed by atoms with van der Waals surface area (Å²) in [5.41, 5.74) is 11.8. The number of pyridine rings is 1. The number of nitrogens with one attached hydrogen (secondary N) is 1. The summed E-state index contributed by atoms with van der Waals surface area (Å²) in [6.07, 6.45) is 5.87. The Kier molecular flexibility index (Phi) is 5.06. The molecule has 2 aromatic heterocycles. The number of benzene rings is 1. The Balaban J connectivity index is 1.84. The summed E-state index contributed by atoms with van der Waals surface area (Å²) >= 11 is 1.65. The van der Waals surface area contributed by atoms with Crippen LogP contribution in [0.5, 0.6) is 0 Å². The van der Waals surface area contributed by atoms with Crippen molar-refractivity contribution < 1.29 is 0 Å². The summed E-state index contributed by atoms with van der Waals surface area (Å²) in [6.45, 7) is 4.29. The van der Waals surface area contributed by atoms with E-state index in [1.807, 2.05) is 36.5 Å². The normalized spacial score (nSPS) is 12.4. The Morgan fingerprint density at radius 1 is 1.28 bits per heavy atom. The summed E-state index contributed by atoms with van der Waals surface area (Å²) < 4.78 is 0. The molecule has 0 saturated heterocycles. The number of nitrogens with zero attached hydrogens (tertiary/aromatic N) is 3. The molecule has 3 aromatic rings. The summed E-state index contributed by atoms with van der Waals surface area (Å²) in [7, 11) is 0. The van der Waals surface area contributed by atoms with E-state index in [0.717, 1.165) is 32.7 Å². The average Bonchev–Trinajstić information content (AvgIpc) is 3.09. The molecule has 0 amide bonds. The number of nitrogens with two attached hydrogens (primary N) is 2. The van der Waals surface area contributed by atoms with E-state index in [1.165, 1.54) is 0 Å². The third kappa shape index (κ3) is 4.01. The van der Waals surface area contributed by atoms with Gasteiger partial charge in [0.2, 0.25) is 0 Å². The average molecular weight is 352 g/mol. The molecule has 0 bridgehead atoms. The summed E-state index contributed by atoms with van der Waals surface area (Å²) in [5.74, 6) is 5.92. The first-order valence-corrected chi connectivity index (χ1v) is 8.77. The predicted octanol–water partition coefficient (Wildman–Crippen LogP) is 3.07. The van der Waals surface area contributed by atoms with Crippen molar-refractivity contribution >= 4 is 40.2 Å². The van der Waals surface area contributed by atoms with Gasteiger partial charge in [-0.15, -0.1) is 16.4 Å². The number of aromatic nitrogens is 2. The summed E-state index contributed by atoms with van der Waals surface area (Å²) in [5, 5.41) is 7.90. The number of hydrazone groups is 1. The molecule has 6 nitrogen and oxygen atoms in total. The highest BCUT2D eigenvalue weighted by Gasteiger charge is 2.04. The van der Waals surface area contributed by atoms with E-state index in [-0.39, 0.29) is 0 Å². The van der Waals surface area contributed by atoms with Crippen molar-refractivity contribution in [3.63, 3.8) is 0 Å². The van der Waals surface area contributed by atoms with Crippen molar-refractivity contribution in [3.05, 3.63) is 57.7 Å². The van der Waals surface area contributed by atoms with Crippen molar-refractivity contribution in [2.45, 2.75) is 19.8 Å². The van der Waals surface area contributed by atoms with Crippen molar-refractivity contribution in [3.8, 4) is 0 Å². The van der Waals surface area contributed by atoms with Gasteiger partial charge in [-0.3, -0.25) is 4.98 Å². The molecule has 0 atom stereocenters. The van der Waals surface area contributed by atoms with Crippen LogP contribution in [0, 0.1) is 0 Å². The Bertz CT molecular complexity index is 942. The molecule has 1 aromatic carbocycles. The van der Waals surface area contributed by atoms with Crippen LogP contribution in [-0.4, -0.2) is 15.8 Å². The molecular weight excluding hydrogens is 332 g/mol. The number of fused-ring (bicyclic) bond motifs is 1. The minimum Gasteiger partial charge on any atom is -0.382 e. The minimum absolute atomic E-state index is 0.319. The molecule has 2 heterocycles. The highest BCUT2D eigenvalue weighted by molar-refractivity contribution is 7.10. The molecule has 0 aliphatic carbocycles. The van der Waals surface area contributed by atoms with Gasteiger partial charge in [0.05, 0.1) is 11.2 Å². The van der Waals surface area contributed by atoms with Crippen molar-refractivity contribution in [2.24, 2.45) is 16.7 Å². The fourth-order valence-corrected chi connectivity index (χ4v) is 3.20. The third-order valence-corrected chi connectivity index (χ3v) is 4.56. The first kappa shape index (κ1) is 17.1. The van der Waals surface area contributed by atoms with E-state index in [2.05, 4.69) is 45.9 Å². The predicted molar refractivity (Wildman–Crippen MR) is 105 cm³/mol. The van der Waals surface area contributed by atoms with E-state index in [4.69, 9.17) is 11.6 Å². The monoisotopic (exact) mass is 352 g/mol. The van der Waals surface area contributed by atoms with E-state index in [9.17, 15) is 0 Å². The first-order valence-electron chi connectivity index (χ1n) is 7.89. The fraction of sp³-hybridized carbons (Fsp3) is 0.167. The summed E-state index contributed by atoms with van der Waals surface area (Å²) in [4.78, 5) is 9.10. The molecule has 0 fully saturated rings. The van der Waals surface area contributed by atoms with Crippen LogP contribution in [0.3, 0.4) is 0 Å². The van der Waals surface area contributed by atoms with E-state index in [1.54, 1.807) is 11.3 Å². The van der Waals surface area contributed by atoms with Gasteiger partial charge in [0.25, 0.3) is 0 Å². The molecule has 0 radical (unpaired) electrons. The highest BCUT2D eigenvalue weighted by atomic mass is 32.1. The van der Waals surface area contributed by atoms with Gasteiger partial charge in [-0.25, -0.2) is 16.4 Å². The van der Waals surface area contributed by atoms with E-state index in [0.29, 0.717) is 11.8 Å². The third-order valence-electron chi connectivity index (χ3n) is 3.74. The van der Waals surface area contributed by atoms with Gasteiger partial charge in [-0.1, -0.05) is 32.1 Å². The Morgan fingerprint density at radius 2 is 2.12 bits per heavy atom. The quantitative estimate of drug-likeness (QED) is 0.283. The van der Waals surface area contributed by atoms with Gasteiger partial charge in [0.1, 0.15) is 5.01 Å². The highest BCUT2D eigenvalue weighted by Crippen LogP contribution is 2.21. The summed E-state index contributed by atoms with van der Waals surface area (Å²) in [6, 6.07) is 7.82. The lowest BCUT2D eigenvalue weighted by atomic mass is 10.1. The van der Waals surface area contributed by atoms with Gasteiger partial charge in [-0.2, -0.15) is 0 Å². The molecule has 0 unspecified atom stereocenters. The van der Waals surface area contributed by atoms with Crippen LogP contribution in [0.1, 0.15) is 41.6 Å². The molecule has 0 aliphatic rings. The fourth-order valence-electron chi connectivity index (χ4n) is 2.33. The second kappa shape index (κ2) is 7.42. The Labute approximate surface area is 150 Å². The number of hydrogen-bond donors (Lipinski definition) is 3. The SMILES string of the molecule is CC(C)c1csc(/C=C/c2cnc3cc(/C(N)=N/NN)ccc3c2)n1. The molecule has 0 aliphatic heterocycles. The van der Waals surface area contributed by atoms with Gasteiger partial charge in [0.15, 0.2) is 5.84 Å². The zero-order valence-corrected chi connectivity index (χ0v) is 14.9. The van der Waals surface area contributed by atoms with Crippen molar-refractivity contribution in [1.29, 1.82) is 0 Å². The minimum atomic E-state index is 0.319. The smallest absolute Gasteiger partial charge is 0.152 e. The van der Waals surface area contributed by atoms with Gasteiger partial charge in [0, 0.05) is 22.5 Å². The van der Waals surface area contributed by atoms with Crippen molar-refractivity contribution in [2.75, 3.05) is 0 Å². The zero-order valence-electron chi connectivity index (χ0n) is 14.1. The van der Waals surface area contributed by atoms with E-state index < -0.39 is 0 Å². The molecule has 0 saturated carbocycles. The van der Waals surface area contributed by atoms with Crippen LogP contribution in [0.2, 0.25) is 0 Å². The zero-order chi connectivity index (χ0) is 17.8. The number of amidine groups is 1. The maximum atomic E-state index is 5.82. The standard InChI is InChI=1S/C18H20N6S/c1-11(2)16-10-25-17(22-16)6-3-12-7-13-4-5-14(18(19)23-24-20)8-15(13)21-9-12/h3-11,24H,20H2,1-2H3,(H2,19,23)/b6-3+. The molecule has 3 rings (SSSR count). The Hall–Kier alpha value is -2.77. The second-order valence-electron chi connectivity index (χ2n) is 5.90. The van der Waals surface area contributed by atoms with Crippen molar-refractivity contribution in [1.82, 2.24) is 15.5 Å². The Morgan fingerprint density at radius 3 is 2.84 bits per heavy atom. The van der Waals surface area contributed by atoms with Gasteiger partial charge in [-0.05, 0) is 29.7 Å². The van der Waals surface area contributed by atoms with Crippen LogP contribution in [0.15, 0.2) is 40.9 Å². The van der Waals surface area contributed by atoms with Gasteiger partial charge < -0.3 is 5.73 Å². The number of hydrazine groups is 1. The maximum absolute atomic E-state index is 5.82. The van der Waals surface area contributed by atoms with Crippen LogP contribution < -0.4 is 17.1 Å². The van der Waals surface area contributed by atoms with Crippen LogP contribution in [-0.2, 0) is 0 Å². The number of hydrogen-bond acceptors (Lipinski definition) is 6. The van der Waals surface area contributed by atoms with E-state index >= 15 is 0 Å². The number of rotatable bonds is 5. The number of thiazole rings is 1.